The Labute approximate surface area is 127 Å². The van der Waals surface area contributed by atoms with Gasteiger partial charge in [0.25, 0.3) is 6.43 Å². The first-order valence-electron chi connectivity index (χ1n) is 6.65. The normalized spacial score (nSPS) is 11.1. The third kappa shape index (κ3) is 5.08. The van der Waals surface area contributed by atoms with Gasteiger partial charge in [-0.25, -0.2) is 24.2 Å². The highest BCUT2D eigenvalue weighted by Gasteiger charge is 2.03. The van der Waals surface area contributed by atoms with E-state index in [0.717, 1.165) is 17.0 Å². The summed E-state index contributed by atoms with van der Waals surface area (Å²) in [6.45, 7) is 3.14. The van der Waals surface area contributed by atoms with Crippen molar-refractivity contribution in [2.75, 3.05) is 12.0 Å². The van der Waals surface area contributed by atoms with Gasteiger partial charge in [0.05, 0.1) is 6.21 Å². The molecule has 0 atom stereocenters. The molecule has 0 amide bonds. The van der Waals surface area contributed by atoms with Gasteiger partial charge < -0.3 is 4.74 Å². The maximum atomic E-state index is 12.0. The molecule has 5 nitrogen and oxygen atoms in total. The van der Waals surface area contributed by atoms with Crippen molar-refractivity contribution in [3.8, 4) is 5.75 Å². The summed E-state index contributed by atoms with van der Waals surface area (Å²) < 4.78 is 28.9. The van der Waals surface area contributed by atoms with E-state index >= 15 is 0 Å². The number of aromatic nitrogens is 2. The van der Waals surface area contributed by atoms with Gasteiger partial charge in [-0.3, -0.25) is 0 Å². The van der Waals surface area contributed by atoms with E-state index < -0.39 is 13.0 Å². The molecule has 2 rings (SSSR count). The molecule has 2 aromatic rings. The van der Waals surface area contributed by atoms with Gasteiger partial charge in [-0.1, -0.05) is 0 Å². The molecule has 0 saturated carbocycles. The molecule has 0 aliphatic heterocycles. The van der Waals surface area contributed by atoms with Crippen LogP contribution in [0.1, 0.15) is 17.0 Å². The average Bonchev–Trinajstić information content (AvgIpc) is 2.45. The van der Waals surface area contributed by atoms with Crippen molar-refractivity contribution in [2.45, 2.75) is 20.3 Å². The number of aryl methyl sites for hydroxylation is 2. The van der Waals surface area contributed by atoms with Crippen molar-refractivity contribution in [2.24, 2.45) is 5.10 Å². The summed E-state index contributed by atoms with van der Waals surface area (Å²) in [5.41, 5.74) is 5.24. The molecule has 1 heterocycles. The first kappa shape index (κ1) is 15.8. The van der Waals surface area contributed by atoms with E-state index in [-0.39, 0.29) is 0 Å². The van der Waals surface area contributed by atoms with Crippen LogP contribution in [0.2, 0.25) is 0 Å². The van der Waals surface area contributed by atoms with Crippen molar-refractivity contribution in [3.63, 3.8) is 0 Å². The van der Waals surface area contributed by atoms with Gasteiger partial charge in [0.2, 0.25) is 5.95 Å². The van der Waals surface area contributed by atoms with Gasteiger partial charge >= 0.3 is 0 Å². The molecule has 1 aromatic carbocycles. The number of halogens is 2. The number of rotatable bonds is 6. The molecule has 1 aromatic heterocycles. The van der Waals surface area contributed by atoms with Gasteiger partial charge in [-0.15, -0.1) is 0 Å². The van der Waals surface area contributed by atoms with Crippen LogP contribution in [0.5, 0.6) is 5.75 Å². The molecular weight excluding hydrogens is 290 g/mol. The Balaban J connectivity index is 1.92. The van der Waals surface area contributed by atoms with Crippen molar-refractivity contribution < 1.29 is 13.5 Å². The van der Waals surface area contributed by atoms with Crippen LogP contribution in [0.3, 0.4) is 0 Å². The van der Waals surface area contributed by atoms with E-state index in [9.17, 15) is 8.78 Å². The van der Waals surface area contributed by atoms with Crippen LogP contribution in [0.25, 0.3) is 0 Å². The quantitative estimate of drug-likeness (QED) is 0.658. The second-order valence-corrected chi connectivity index (χ2v) is 4.62. The van der Waals surface area contributed by atoms with Crippen molar-refractivity contribution >= 4 is 12.2 Å². The molecule has 0 radical (unpaired) electrons. The van der Waals surface area contributed by atoms with Crippen molar-refractivity contribution in [1.29, 1.82) is 0 Å². The number of hydrogen-bond acceptors (Lipinski definition) is 5. The van der Waals surface area contributed by atoms with Crippen LogP contribution in [-0.4, -0.2) is 29.2 Å². The third-order valence-electron chi connectivity index (χ3n) is 2.62. The Hall–Kier alpha value is -2.57. The molecule has 0 saturated heterocycles. The second kappa shape index (κ2) is 7.44. The smallest absolute Gasteiger partial charge is 0.272 e. The van der Waals surface area contributed by atoms with E-state index in [2.05, 4.69) is 20.5 Å². The Kier molecular flexibility index (Phi) is 5.35. The maximum Gasteiger partial charge on any atom is 0.272 e. The van der Waals surface area contributed by atoms with E-state index in [1.54, 1.807) is 30.5 Å². The minimum Gasteiger partial charge on any atom is -0.488 e. The molecule has 116 valence electrons. The molecule has 1 N–H and O–H groups in total. The van der Waals surface area contributed by atoms with Gasteiger partial charge in [0.1, 0.15) is 12.4 Å². The summed E-state index contributed by atoms with van der Waals surface area (Å²) in [5.74, 6) is 0.814. The summed E-state index contributed by atoms with van der Waals surface area (Å²) in [6.07, 6.45) is -0.902. The molecule has 0 bridgehead atoms. The molecule has 22 heavy (non-hydrogen) atoms. The van der Waals surface area contributed by atoms with Gasteiger partial charge in [0.15, 0.2) is 0 Å². The van der Waals surface area contributed by atoms with Crippen molar-refractivity contribution in [3.05, 3.63) is 47.3 Å². The van der Waals surface area contributed by atoms with Crippen molar-refractivity contribution in [1.82, 2.24) is 9.97 Å². The Morgan fingerprint density at radius 1 is 1.18 bits per heavy atom. The standard InChI is InChI=1S/C15H16F2N4O/c1-10-7-11(2)20-15(19-10)21-18-8-12-3-5-13(6-4-12)22-9-14(16)17/h3-8,14H,9H2,1-2H3,(H,19,20,21). The minimum absolute atomic E-state index is 0.392. The zero-order chi connectivity index (χ0) is 15.9. The molecule has 7 heteroatoms. The topological polar surface area (TPSA) is 59.4 Å². The van der Waals surface area contributed by atoms with Crippen LogP contribution < -0.4 is 10.2 Å². The first-order chi connectivity index (χ1) is 10.5. The Morgan fingerprint density at radius 2 is 1.82 bits per heavy atom. The monoisotopic (exact) mass is 306 g/mol. The molecular formula is C15H16F2N4O. The van der Waals surface area contributed by atoms with Gasteiger partial charge in [0, 0.05) is 11.4 Å². The van der Waals surface area contributed by atoms with Crippen LogP contribution >= 0.6 is 0 Å². The first-order valence-corrected chi connectivity index (χ1v) is 6.65. The zero-order valence-electron chi connectivity index (χ0n) is 12.3. The number of ether oxygens (including phenoxy) is 1. The van der Waals surface area contributed by atoms with Gasteiger partial charge in [-0.05, 0) is 49.7 Å². The lowest BCUT2D eigenvalue weighted by Gasteiger charge is -2.05. The molecule has 0 fully saturated rings. The largest absolute Gasteiger partial charge is 0.488 e. The fourth-order valence-corrected chi connectivity index (χ4v) is 1.75. The lowest BCUT2D eigenvalue weighted by atomic mass is 10.2. The number of anilines is 1. The molecule has 0 aliphatic carbocycles. The van der Waals surface area contributed by atoms with E-state index in [1.165, 1.54) is 0 Å². The number of nitrogens with one attached hydrogen (secondary N) is 1. The highest BCUT2D eigenvalue weighted by atomic mass is 19.3. The Bertz CT molecular complexity index is 624. The lowest BCUT2D eigenvalue weighted by molar-refractivity contribution is 0.0819. The number of nitrogens with zero attached hydrogens (tertiary/aromatic N) is 3. The van der Waals surface area contributed by atoms with Gasteiger partial charge in [-0.2, -0.15) is 5.10 Å². The maximum absolute atomic E-state index is 12.0. The van der Waals surface area contributed by atoms with E-state index in [4.69, 9.17) is 4.74 Å². The predicted molar refractivity (Wildman–Crippen MR) is 80.7 cm³/mol. The lowest BCUT2D eigenvalue weighted by Crippen LogP contribution is -2.06. The fourth-order valence-electron chi connectivity index (χ4n) is 1.75. The number of benzene rings is 1. The molecule has 0 unspecified atom stereocenters. The van der Waals surface area contributed by atoms with Crippen LogP contribution in [0.15, 0.2) is 35.4 Å². The van der Waals surface area contributed by atoms with Crippen LogP contribution in [0, 0.1) is 13.8 Å². The highest BCUT2D eigenvalue weighted by molar-refractivity contribution is 5.80. The summed E-state index contributed by atoms with van der Waals surface area (Å²) >= 11 is 0. The summed E-state index contributed by atoms with van der Waals surface area (Å²) in [6, 6.07) is 8.52. The van der Waals surface area contributed by atoms with Crippen LogP contribution in [-0.2, 0) is 0 Å². The SMILES string of the molecule is Cc1cc(C)nc(NN=Cc2ccc(OCC(F)F)cc2)n1. The third-order valence-corrected chi connectivity index (χ3v) is 2.62. The number of alkyl halides is 2. The zero-order valence-corrected chi connectivity index (χ0v) is 12.3. The Morgan fingerprint density at radius 3 is 2.41 bits per heavy atom. The highest BCUT2D eigenvalue weighted by Crippen LogP contribution is 2.12. The minimum atomic E-state index is -2.48. The molecule has 0 spiro atoms. The van der Waals surface area contributed by atoms with E-state index in [1.807, 2.05) is 19.9 Å². The summed E-state index contributed by atoms with van der Waals surface area (Å²) in [7, 11) is 0. The fraction of sp³-hybridized carbons (Fsp3) is 0.267. The second-order valence-electron chi connectivity index (χ2n) is 4.62. The molecule has 0 aliphatic rings. The van der Waals surface area contributed by atoms with Crippen LogP contribution in [0.4, 0.5) is 14.7 Å². The number of hydrogen-bond donors (Lipinski definition) is 1. The summed E-state index contributed by atoms with van der Waals surface area (Å²) in [4.78, 5) is 8.39. The number of hydrazone groups is 1. The van der Waals surface area contributed by atoms with E-state index in [0.29, 0.717) is 11.7 Å². The average molecular weight is 306 g/mol. The predicted octanol–water partition coefficient (Wildman–Crippen LogP) is 3.18. The summed E-state index contributed by atoms with van der Waals surface area (Å²) in [5, 5.41) is 4.04.